The fourth-order valence-electron chi connectivity index (χ4n) is 5.43. The predicted molar refractivity (Wildman–Crippen MR) is 129 cm³/mol. The van der Waals surface area contributed by atoms with Crippen molar-refractivity contribution >= 4 is 6.03 Å². The van der Waals surface area contributed by atoms with E-state index in [1.54, 1.807) is 4.90 Å². The second-order valence-corrected chi connectivity index (χ2v) is 10.5. The molecule has 0 unspecified atom stereocenters. The zero-order valence-corrected chi connectivity index (χ0v) is 21.7. The third-order valence-electron chi connectivity index (χ3n) is 7.10. The minimum atomic E-state index is -0.666. The molecule has 3 rings (SSSR count). The van der Waals surface area contributed by atoms with Crippen molar-refractivity contribution in [2.75, 3.05) is 26.7 Å². The smallest absolute Gasteiger partial charge is 0.320 e. The zero-order chi connectivity index (χ0) is 23.8. The molecule has 2 amide bonds. The van der Waals surface area contributed by atoms with Crippen LogP contribution in [0.5, 0.6) is 0 Å². The van der Waals surface area contributed by atoms with Crippen molar-refractivity contribution < 1.29 is 23.7 Å². The number of hydrogen-bond acceptors (Lipinski definition) is 5. The van der Waals surface area contributed by atoms with Crippen molar-refractivity contribution in [3.63, 3.8) is 0 Å². The van der Waals surface area contributed by atoms with Crippen LogP contribution in [0.2, 0.25) is 0 Å². The summed E-state index contributed by atoms with van der Waals surface area (Å²) in [4.78, 5) is 16.3. The molecular formula is C26H48N2O5. The Balaban J connectivity index is 1.43. The molecule has 0 aliphatic carbocycles. The molecule has 0 saturated carbocycles. The molecule has 5 atom stereocenters. The number of hydrogen-bond donors (Lipinski definition) is 0. The van der Waals surface area contributed by atoms with Crippen LogP contribution in [0.25, 0.3) is 0 Å². The van der Waals surface area contributed by atoms with Crippen LogP contribution in [0.15, 0.2) is 0 Å². The number of ether oxygens (including phenoxy) is 4. The van der Waals surface area contributed by atoms with E-state index < -0.39 is 12.1 Å². The van der Waals surface area contributed by atoms with Crippen molar-refractivity contribution in [1.82, 2.24) is 9.80 Å². The molecule has 3 saturated heterocycles. The van der Waals surface area contributed by atoms with Crippen LogP contribution in [0, 0.1) is 0 Å². The van der Waals surface area contributed by atoms with E-state index in [9.17, 15) is 4.79 Å². The van der Waals surface area contributed by atoms with Gasteiger partial charge in [-0.15, -0.1) is 0 Å². The van der Waals surface area contributed by atoms with Gasteiger partial charge >= 0.3 is 6.03 Å². The second kappa shape index (κ2) is 12.7. The molecule has 3 fully saturated rings. The topological polar surface area (TPSA) is 60.5 Å². The normalized spacial score (nSPS) is 31.1. The van der Waals surface area contributed by atoms with Crippen molar-refractivity contribution in [3.05, 3.63) is 0 Å². The summed E-state index contributed by atoms with van der Waals surface area (Å²) in [5.74, 6) is -0.666. The Morgan fingerprint density at radius 3 is 2.12 bits per heavy atom. The van der Waals surface area contributed by atoms with E-state index in [1.165, 1.54) is 57.8 Å². The van der Waals surface area contributed by atoms with Crippen LogP contribution in [0.1, 0.15) is 98.3 Å². The number of rotatable bonds is 15. The van der Waals surface area contributed by atoms with Crippen LogP contribution < -0.4 is 0 Å². The maximum atomic E-state index is 12.6. The van der Waals surface area contributed by atoms with Crippen molar-refractivity contribution in [1.29, 1.82) is 0 Å². The fourth-order valence-corrected chi connectivity index (χ4v) is 5.43. The first-order valence-electron chi connectivity index (χ1n) is 13.5. The molecular weight excluding hydrogens is 420 g/mol. The third kappa shape index (κ3) is 7.06. The average molecular weight is 469 g/mol. The number of carbonyl (C=O) groups is 1. The molecule has 0 aromatic carbocycles. The first-order valence-corrected chi connectivity index (χ1v) is 13.5. The summed E-state index contributed by atoms with van der Waals surface area (Å²) in [7, 11) is 1.85. The molecule has 3 heterocycles. The van der Waals surface area contributed by atoms with E-state index in [2.05, 4.69) is 13.8 Å². The third-order valence-corrected chi connectivity index (χ3v) is 7.10. The number of amides is 2. The Morgan fingerprint density at radius 1 is 0.879 bits per heavy atom. The van der Waals surface area contributed by atoms with Crippen molar-refractivity contribution in [2.24, 2.45) is 0 Å². The molecule has 3 aliphatic heterocycles. The summed E-state index contributed by atoms with van der Waals surface area (Å²) in [5, 5.41) is 0. The second-order valence-electron chi connectivity index (χ2n) is 10.5. The van der Waals surface area contributed by atoms with Gasteiger partial charge in [-0.1, -0.05) is 71.6 Å². The summed E-state index contributed by atoms with van der Waals surface area (Å²) in [6.45, 7) is 10.3. The van der Waals surface area contributed by atoms with E-state index in [0.29, 0.717) is 13.2 Å². The van der Waals surface area contributed by atoms with Gasteiger partial charge in [-0.05, 0) is 26.7 Å². The molecule has 0 bridgehead atoms. The lowest BCUT2D eigenvalue weighted by Crippen LogP contribution is -2.48. The van der Waals surface area contributed by atoms with Gasteiger partial charge in [-0.2, -0.15) is 0 Å². The molecule has 0 aromatic heterocycles. The summed E-state index contributed by atoms with van der Waals surface area (Å²) in [5.41, 5.74) is 0. The molecule has 3 aliphatic rings. The standard InChI is InChI=1S/C26H48N2O5/c1-6-8-9-10-11-12-13-14-15-16-18-30-24-23-22(32-26(3,4)33-23)21(31-24)20-19-27(5)25(29)28(20)17-7-2/h20-24H,6-19H2,1-5H3/t20-,21+,22-,23-,24-/m0/s1. The summed E-state index contributed by atoms with van der Waals surface area (Å²) < 4.78 is 25.0. The Hall–Kier alpha value is -0.890. The van der Waals surface area contributed by atoms with Crippen molar-refractivity contribution in [2.45, 2.75) is 135 Å². The molecule has 7 heteroatoms. The number of urea groups is 1. The minimum absolute atomic E-state index is 0.0432. The van der Waals surface area contributed by atoms with Gasteiger partial charge in [-0.3, -0.25) is 0 Å². The largest absolute Gasteiger partial charge is 0.350 e. The van der Waals surface area contributed by atoms with Gasteiger partial charge in [-0.25, -0.2) is 4.79 Å². The number of likely N-dealkylation sites (N-methyl/N-ethyl adjacent to an activating group) is 1. The Bertz CT molecular complexity index is 601. The molecule has 0 spiro atoms. The number of carbonyl (C=O) groups excluding carboxylic acids is 1. The highest BCUT2D eigenvalue weighted by atomic mass is 16.8. The maximum absolute atomic E-state index is 12.6. The first kappa shape index (κ1) is 26.7. The van der Waals surface area contributed by atoms with Crippen LogP contribution in [-0.4, -0.2) is 79.0 Å². The van der Waals surface area contributed by atoms with Crippen LogP contribution in [0.3, 0.4) is 0 Å². The lowest BCUT2D eigenvalue weighted by Gasteiger charge is -2.31. The highest BCUT2D eigenvalue weighted by molar-refractivity contribution is 5.77. The van der Waals surface area contributed by atoms with Gasteiger partial charge in [0.1, 0.15) is 18.3 Å². The number of nitrogens with zero attached hydrogens (tertiary/aromatic N) is 2. The van der Waals surface area contributed by atoms with Gasteiger partial charge in [0.15, 0.2) is 12.1 Å². The SMILES string of the molecule is CCCCCCCCCCCCO[C@H]1O[C@H]([C@@H]2CN(C)C(=O)N2CCC)[C@@H]2OC(C)(C)O[C@H]12. The van der Waals surface area contributed by atoms with E-state index in [4.69, 9.17) is 18.9 Å². The van der Waals surface area contributed by atoms with E-state index in [0.717, 1.165) is 19.4 Å². The van der Waals surface area contributed by atoms with Crippen molar-refractivity contribution in [3.8, 4) is 0 Å². The molecule has 7 nitrogen and oxygen atoms in total. The molecule has 0 aromatic rings. The number of unbranched alkanes of at least 4 members (excludes halogenated alkanes) is 9. The summed E-state index contributed by atoms with van der Waals surface area (Å²) in [6.07, 6.45) is 12.8. The monoisotopic (exact) mass is 468 g/mol. The average Bonchev–Trinajstić information content (AvgIpc) is 3.36. The van der Waals surface area contributed by atoms with Crippen LogP contribution in [0.4, 0.5) is 4.79 Å². The highest BCUT2D eigenvalue weighted by Gasteiger charge is 2.59. The maximum Gasteiger partial charge on any atom is 0.320 e. The highest BCUT2D eigenvalue weighted by Crippen LogP contribution is 2.42. The molecule has 192 valence electrons. The van der Waals surface area contributed by atoms with Crippen LogP contribution in [-0.2, 0) is 18.9 Å². The molecule has 33 heavy (non-hydrogen) atoms. The van der Waals surface area contributed by atoms with E-state index in [1.807, 2.05) is 25.8 Å². The quantitative estimate of drug-likeness (QED) is 0.305. The van der Waals surface area contributed by atoms with Crippen LogP contribution >= 0.6 is 0 Å². The molecule has 0 N–H and O–H groups in total. The number of fused-ring (bicyclic) bond motifs is 1. The van der Waals surface area contributed by atoms with E-state index in [-0.39, 0.29) is 30.4 Å². The van der Waals surface area contributed by atoms with Gasteiger partial charge in [0, 0.05) is 26.7 Å². The van der Waals surface area contributed by atoms with E-state index >= 15 is 0 Å². The fraction of sp³-hybridized carbons (Fsp3) is 0.962. The summed E-state index contributed by atoms with van der Waals surface area (Å²) in [6, 6.07) is 0.0216. The lowest BCUT2D eigenvalue weighted by molar-refractivity contribution is -0.238. The van der Waals surface area contributed by atoms with Gasteiger partial charge in [0.25, 0.3) is 0 Å². The zero-order valence-electron chi connectivity index (χ0n) is 21.7. The molecule has 0 radical (unpaired) electrons. The Labute approximate surface area is 201 Å². The Morgan fingerprint density at radius 2 is 1.48 bits per heavy atom. The van der Waals surface area contributed by atoms with Gasteiger partial charge in [0.2, 0.25) is 0 Å². The van der Waals surface area contributed by atoms with Gasteiger partial charge < -0.3 is 28.7 Å². The minimum Gasteiger partial charge on any atom is -0.350 e. The Kier molecular flexibility index (Phi) is 10.3. The van der Waals surface area contributed by atoms with Gasteiger partial charge in [0.05, 0.1) is 6.04 Å². The summed E-state index contributed by atoms with van der Waals surface area (Å²) >= 11 is 0. The first-order chi connectivity index (χ1) is 15.9. The predicted octanol–water partition coefficient (Wildman–Crippen LogP) is 5.31. The lowest BCUT2D eigenvalue weighted by atomic mass is 10.0.